The predicted molar refractivity (Wildman–Crippen MR) is 84.1 cm³/mol. The molecule has 0 spiro atoms. The van der Waals surface area contributed by atoms with E-state index in [4.69, 9.17) is 10.0 Å². The van der Waals surface area contributed by atoms with Gasteiger partial charge in [-0.15, -0.1) is 0 Å². The maximum Gasteiger partial charge on any atom is 0.475 e. The Morgan fingerprint density at radius 2 is 1.82 bits per heavy atom. The van der Waals surface area contributed by atoms with Crippen LogP contribution >= 0.6 is 0 Å². The smallest absolute Gasteiger partial charge is 0.426 e. The minimum atomic E-state index is -1.64. The molecule has 2 rings (SSSR count). The number of hydrogen-bond acceptors (Lipinski definition) is 4. The minimum Gasteiger partial charge on any atom is -0.426 e. The summed E-state index contributed by atoms with van der Waals surface area (Å²) in [4.78, 5) is 23.8. The Kier molecular flexibility index (Phi) is 5.14. The van der Waals surface area contributed by atoms with E-state index >= 15 is 0 Å². The fraction of sp³-hybridized carbons (Fsp3) is 0.200. The molecule has 0 bridgehead atoms. The van der Waals surface area contributed by atoms with Crippen LogP contribution in [0, 0.1) is 0 Å². The third-order valence-electron chi connectivity index (χ3n) is 3.28. The zero-order valence-electron chi connectivity index (χ0n) is 12.1. The Bertz CT molecular complexity index is 685. The summed E-state index contributed by atoms with van der Waals surface area (Å²) in [6.45, 7) is 1.22. The Hall–Kier alpha value is -2.38. The quantitative estimate of drug-likeness (QED) is 0.588. The predicted octanol–water partition coefficient (Wildman–Crippen LogP) is 0.0863. The van der Waals surface area contributed by atoms with Gasteiger partial charge in [0.25, 0.3) is 5.91 Å². The summed E-state index contributed by atoms with van der Waals surface area (Å²) >= 11 is 0. The molecule has 2 aromatic rings. The summed E-state index contributed by atoms with van der Waals surface area (Å²) < 4.78 is 0. The number of hydrogen-bond donors (Lipinski definition) is 4. The number of benzene rings is 2. The number of carbonyl (C=O) groups is 2. The summed E-state index contributed by atoms with van der Waals surface area (Å²) in [5.41, 5.74) is 0.487. The summed E-state index contributed by atoms with van der Waals surface area (Å²) in [5.74, 6) is -1.65. The maximum atomic E-state index is 12.2. The molecule has 0 radical (unpaired) electrons. The van der Waals surface area contributed by atoms with Crippen LogP contribution in [0.5, 0.6) is 0 Å². The van der Waals surface area contributed by atoms with Crippen LogP contribution in [-0.4, -0.2) is 41.5 Å². The van der Waals surface area contributed by atoms with Crippen molar-refractivity contribution in [1.82, 2.24) is 10.6 Å². The van der Waals surface area contributed by atoms with Gasteiger partial charge in [-0.3, -0.25) is 9.59 Å². The van der Waals surface area contributed by atoms with E-state index in [1.54, 1.807) is 12.1 Å². The first kappa shape index (κ1) is 16.0. The number of nitrogens with one attached hydrogen (secondary N) is 2. The molecule has 0 saturated carbocycles. The molecule has 2 aromatic carbocycles. The molecule has 0 aromatic heterocycles. The van der Waals surface area contributed by atoms with Gasteiger partial charge in [0.05, 0.1) is 12.5 Å². The van der Waals surface area contributed by atoms with Gasteiger partial charge in [-0.05, 0) is 23.8 Å². The van der Waals surface area contributed by atoms with Crippen LogP contribution < -0.4 is 10.6 Å². The molecule has 7 heteroatoms. The van der Waals surface area contributed by atoms with Crippen molar-refractivity contribution in [3.8, 4) is 0 Å². The van der Waals surface area contributed by atoms with E-state index in [0.717, 1.165) is 10.8 Å². The molecule has 4 N–H and O–H groups in total. The fourth-order valence-electron chi connectivity index (χ4n) is 2.06. The van der Waals surface area contributed by atoms with Gasteiger partial charge in [0.1, 0.15) is 0 Å². The molecule has 0 saturated heterocycles. The standard InChI is InChI=1S/C15H17BN2O4/c1-10(16(21)22)18-14(19)9-17-15(20)13-8-4-6-11-5-2-3-7-12(11)13/h2-8,10,21-22H,9H2,1H3,(H,17,20)(H,18,19)/t10-/m0/s1. The van der Waals surface area contributed by atoms with E-state index in [0.29, 0.717) is 5.56 Å². The second kappa shape index (κ2) is 7.06. The lowest BCUT2D eigenvalue weighted by Crippen LogP contribution is -2.47. The Balaban J connectivity index is 2.01. The van der Waals surface area contributed by atoms with Crippen LogP contribution in [-0.2, 0) is 4.79 Å². The van der Waals surface area contributed by atoms with Crippen molar-refractivity contribution in [2.24, 2.45) is 0 Å². The summed E-state index contributed by atoms with van der Waals surface area (Å²) in [6.07, 6.45) is 0. The molecule has 0 heterocycles. The van der Waals surface area contributed by atoms with Crippen molar-refractivity contribution in [1.29, 1.82) is 0 Å². The average molecular weight is 300 g/mol. The van der Waals surface area contributed by atoms with Crippen LogP contribution in [0.15, 0.2) is 42.5 Å². The highest BCUT2D eigenvalue weighted by molar-refractivity contribution is 6.43. The summed E-state index contributed by atoms with van der Waals surface area (Å²) in [6, 6.07) is 12.9. The molecule has 0 aliphatic carbocycles. The van der Waals surface area contributed by atoms with Crippen LogP contribution in [0.4, 0.5) is 0 Å². The zero-order valence-corrected chi connectivity index (χ0v) is 12.1. The van der Waals surface area contributed by atoms with E-state index in [2.05, 4.69) is 10.6 Å². The first-order valence-corrected chi connectivity index (χ1v) is 6.90. The van der Waals surface area contributed by atoms with Crippen molar-refractivity contribution in [2.75, 3.05) is 6.54 Å². The van der Waals surface area contributed by atoms with Gasteiger partial charge in [0, 0.05) is 5.56 Å². The van der Waals surface area contributed by atoms with Gasteiger partial charge >= 0.3 is 7.12 Å². The molecule has 0 unspecified atom stereocenters. The molecule has 0 aliphatic rings. The zero-order chi connectivity index (χ0) is 16.1. The molecule has 6 nitrogen and oxygen atoms in total. The molecule has 22 heavy (non-hydrogen) atoms. The van der Waals surface area contributed by atoms with Crippen LogP contribution in [0.2, 0.25) is 0 Å². The van der Waals surface area contributed by atoms with Gasteiger partial charge in [-0.2, -0.15) is 0 Å². The van der Waals surface area contributed by atoms with E-state index < -0.39 is 19.0 Å². The van der Waals surface area contributed by atoms with Gasteiger partial charge in [0.2, 0.25) is 5.91 Å². The highest BCUT2D eigenvalue weighted by Crippen LogP contribution is 2.18. The van der Waals surface area contributed by atoms with Crippen molar-refractivity contribution >= 4 is 29.7 Å². The SMILES string of the molecule is C[C@H](NC(=O)CNC(=O)c1cccc2ccccc12)B(O)O. The summed E-state index contributed by atoms with van der Waals surface area (Å²) in [7, 11) is -1.64. The lowest BCUT2D eigenvalue weighted by molar-refractivity contribution is -0.120. The van der Waals surface area contributed by atoms with Crippen LogP contribution in [0.3, 0.4) is 0 Å². The molecular formula is C15H17BN2O4. The van der Waals surface area contributed by atoms with E-state index in [9.17, 15) is 9.59 Å². The third-order valence-corrected chi connectivity index (χ3v) is 3.28. The second-order valence-corrected chi connectivity index (χ2v) is 4.98. The number of fused-ring (bicyclic) bond motifs is 1. The lowest BCUT2D eigenvalue weighted by atomic mass is 9.81. The van der Waals surface area contributed by atoms with Crippen molar-refractivity contribution < 1.29 is 19.6 Å². The third kappa shape index (κ3) is 3.84. The highest BCUT2D eigenvalue weighted by Gasteiger charge is 2.20. The van der Waals surface area contributed by atoms with Crippen molar-refractivity contribution in [2.45, 2.75) is 12.9 Å². The molecule has 0 aliphatic heterocycles. The molecular weight excluding hydrogens is 283 g/mol. The molecule has 0 fully saturated rings. The second-order valence-electron chi connectivity index (χ2n) is 4.98. The fourth-order valence-corrected chi connectivity index (χ4v) is 2.06. The van der Waals surface area contributed by atoms with E-state index in [-0.39, 0.29) is 12.5 Å². The average Bonchev–Trinajstić information content (AvgIpc) is 2.51. The van der Waals surface area contributed by atoms with Gasteiger partial charge in [-0.25, -0.2) is 0 Å². The van der Waals surface area contributed by atoms with Crippen molar-refractivity contribution in [3.05, 3.63) is 48.0 Å². The van der Waals surface area contributed by atoms with Crippen LogP contribution in [0.25, 0.3) is 10.8 Å². The van der Waals surface area contributed by atoms with Crippen molar-refractivity contribution in [3.63, 3.8) is 0 Å². The molecule has 2 amide bonds. The molecule has 114 valence electrons. The Morgan fingerprint density at radius 3 is 2.55 bits per heavy atom. The highest BCUT2D eigenvalue weighted by atomic mass is 16.4. The first-order chi connectivity index (χ1) is 10.5. The lowest BCUT2D eigenvalue weighted by Gasteiger charge is -2.13. The van der Waals surface area contributed by atoms with Gasteiger partial charge in [0.15, 0.2) is 0 Å². The summed E-state index contributed by atoms with van der Waals surface area (Å²) in [5, 5.41) is 24.4. The van der Waals surface area contributed by atoms with Gasteiger partial charge < -0.3 is 20.7 Å². The van der Waals surface area contributed by atoms with Gasteiger partial charge in [-0.1, -0.05) is 36.4 Å². The largest absolute Gasteiger partial charge is 0.475 e. The number of rotatable bonds is 5. The molecule has 1 atom stereocenters. The number of amides is 2. The monoisotopic (exact) mass is 300 g/mol. The van der Waals surface area contributed by atoms with Crippen LogP contribution in [0.1, 0.15) is 17.3 Å². The first-order valence-electron chi connectivity index (χ1n) is 6.90. The van der Waals surface area contributed by atoms with E-state index in [1.807, 2.05) is 30.3 Å². The number of carbonyl (C=O) groups excluding carboxylic acids is 2. The maximum absolute atomic E-state index is 12.2. The Labute approximate surface area is 128 Å². The topological polar surface area (TPSA) is 98.7 Å². The van der Waals surface area contributed by atoms with E-state index in [1.165, 1.54) is 6.92 Å². The Morgan fingerprint density at radius 1 is 1.14 bits per heavy atom. The normalized spacial score (nSPS) is 11.8. The minimum absolute atomic E-state index is 0.237.